The number of nitrogens with zero attached hydrogens (tertiary/aromatic N) is 1. The second kappa shape index (κ2) is 9.66. The lowest BCUT2D eigenvalue weighted by Crippen LogP contribution is -2.45. The Bertz CT molecular complexity index is 221. The first-order valence-corrected chi connectivity index (χ1v) is 7.19. The summed E-state index contributed by atoms with van der Waals surface area (Å²) in [5.74, 6) is 0. The molecule has 1 aliphatic rings. The Hall–Kier alpha value is -0.200. The molecule has 1 rings (SSSR count). The molecule has 0 saturated carbocycles. The van der Waals surface area contributed by atoms with Crippen LogP contribution in [0, 0.1) is 5.41 Å². The van der Waals surface area contributed by atoms with Gasteiger partial charge in [-0.05, 0) is 19.9 Å². The Kier molecular flexibility index (Phi) is 8.57. The van der Waals surface area contributed by atoms with E-state index < -0.39 is 0 Å². The first kappa shape index (κ1) is 16.9. The second-order valence-corrected chi connectivity index (χ2v) is 5.45. The van der Waals surface area contributed by atoms with E-state index in [1.165, 1.54) is 0 Å². The maximum absolute atomic E-state index is 5.62. The lowest BCUT2D eigenvalue weighted by molar-refractivity contribution is 0.0812. The summed E-state index contributed by atoms with van der Waals surface area (Å²) in [7, 11) is 5.53. The molecule has 1 saturated heterocycles. The van der Waals surface area contributed by atoms with Crippen molar-refractivity contribution in [2.45, 2.75) is 12.8 Å². The van der Waals surface area contributed by atoms with Crippen LogP contribution in [0.15, 0.2) is 0 Å². The van der Waals surface area contributed by atoms with Gasteiger partial charge in [-0.1, -0.05) is 0 Å². The smallest absolute Gasteiger partial charge is 0.0589 e. The van der Waals surface area contributed by atoms with Crippen LogP contribution in [0.1, 0.15) is 12.8 Å². The molecule has 0 bridgehead atoms. The van der Waals surface area contributed by atoms with Crippen LogP contribution in [0.25, 0.3) is 0 Å². The summed E-state index contributed by atoms with van der Waals surface area (Å²) < 4.78 is 16.0. The van der Waals surface area contributed by atoms with E-state index in [-0.39, 0.29) is 5.41 Å². The minimum Gasteiger partial charge on any atom is -0.385 e. The first-order valence-electron chi connectivity index (χ1n) is 7.19. The van der Waals surface area contributed by atoms with Crippen molar-refractivity contribution in [2.24, 2.45) is 5.41 Å². The fourth-order valence-electron chi connectivity index (χ4n) is 2.74. The van der Waals surface area contributed by atoms with Gasteiger partial charge in [0.2, 0.25) is 0 Å². The molecular weight excluding hydrogens is 244 g/mol. The predicted molar refractivity (Wildman–Crippen MR) is 76.6 cm³/mol. The Morgan fingerprint density at radius 3 is 2.58 bits per heavy atom. The van der Waals surface area contributed by atoms with Crippen LogP contribution in [0.2, 0.25) is 0 Å². The lowest BCUT2D eigenvalue weighted by Gasteiger charge is -2.34. The Morgan fingerprint density at radius 2 is 2.00 bits per heavy atom. The summed E-state index contributed by atoms with van der Waals surface area (Å²) >= 11 is 0. The van der Waals surface area contributed by atoms with Crippen LogP contribution in [-0.2, 0) is 14.2 Å². The highest BCUT2D eigenvalue weighted by atomic mass is 16.5. The maximum atomic E-state index is 5.62. The van der Waals surface area contributed by atoms with E-state index in [1.54, 1.807) is 14.2 Å². The van der Waals surface area contributed by atoms with Crippen LogP contribution in [0.4, 0.5) is 0 Å². The Balaban J connectivity index is 2.47. The molecule has 0 aromatic rings. The monoisotopic (exact) mass is 274 g/mol. The maximum Gasteiger partial charge on any atom is 0.0589 e. The standard InChI is InChI=1S/C14H30N2O3/c1-15-11-14(5-9-19-13-14)12-16(7-10-18-3)6-4-8-17-2/h15H,4-13H2,1-3H3. The summed E-state index contributed by atoms with van der Waals surface area (Å²) in [5.41, 5.74) is 0.259. The molecule has 5 heteroatoms. The van der Waals surface area contributed by atoms with Crippen LogP contribution < -0.4 is 5.32 Å². The van der Waals surface area contributed by atoms with Crippen molar-refractivity contribution in [3.05, 3.63) is 0 Å². The van der Waals surface area contributed by atoms with Crippen molar-refractivity contribution in [2.75, 3.05) is 73.9 Å². The van der Waals surface area contributed by atoms with Crippen molar-refractivity contribution < 1.29 is 14.2 Å². The van der Waals surface area contributed by atoms with E-state index in [4.69, 9.17) is 14.2 Å². The summed E-state index contributed by atoms with van der Waals surface area (Å²) in [6.07, 6.45) is 2.21. The lowest BCUT2D eigenvalue weighted by atomic mass is 9.86. The SMILES string of the molecule is CNCC1(CN(CCCOC)CCOC)CCOC1. The number of nitrogens with one attached hydrogen (secondary N) is 1. The molecule has 1 fully saturated rings. The third-order valence-corrected chi connectivity index (χ3v) is 3.73. The molecule has 5 nitrogen and oxygen atoms in total. The third-order valence-electron chi connectivity index (χ3n) is 3.73. The van der Waals surface area contributed by atoms with Gasteiger partial charge in [0.1, 0.15) is 0 Å². The van der Waals surface area contributed by atoms with Crippen LogP contribution in [0.3, 0.4) is 0 Å². The summed E-state index contributed by atoms with van der Waals surface area (Å²) in [4.78, 5) is 2.48. The molecule has 0 radical (unpaired) electrons. The number of hydrogen-bond acceptors (Lipinski definition) is 5. The van der Waals surface area contributed by atoms with Crippen molar-refractivity contribution in [1.29, 1.82) is 0 Å². The largest absolute Gasteiger partial charge is 0.385 e. The minimum atomic E-state index is 0.259. The molecule has 1 unspecified atom stereocenters. The van der Waals surface area contributed by atoms with Gasteiger partial charge in [0, 0.05) is 59.0 Å². The van der Waals surface area contributed by atoms with E-state index in [0.717, 1.165) is 65.4 Å². The number of hydrogen-bond donors (Lipinski definition) is 1. The fourth-order valence-corrected chi connectivity index (χ4v) is 2.74. The zero-order chi connectivity index (χ0) is 14.0. The molecule has 0 aromatic carbocycles. The molecule has 0 amide bonds. The number of methoxy groups -OCH3 is 2. The quantitative estimate of drug-likeness (QED) is 0.559. The average molecular weight is 274 g/mol. The van der Waals surface area contributed by atoms with Gasteiger partial charge in [-0.2, -0.15) is 0 Å². The van der Waals surface area contributed by atoms with Crippen molar-refractivity contribution in [3.8, 4) is 0 Å². The predicted octanol–water partition coefficient (Wildman–Crippen LogP) is 0.597. The molecule has 1 N–H and O–H groups in total. The highest BCUT2D eigenvalue weighted by Crippen LogP contribution is 2.29. The molecule has 114 valence electrons. The van der Waals surface area contributed by atoms with Crippen LogP contribution in [-0.4, -0.2) is 78.8 Å². The highest BCUT2D eigenvalue weighted by molar-refractivity contribution is 4.88. The first-order chi connectivity index (χ1) is 9.26. The summed E-state index contributed by atoms with van der Waals surface area (Å²) in [5, 5.41) is 3.32. The van der Waals surface area contributed by atoms with Gasteiger partial charge >= 0.3 is 0 Å². The molecule has 0 aliphatic carbocycles. The molecule has 1 heterocycles. The molecule has 0 spiro atoms. The van der Waals surface area contributed by atoms with Crippen molar-refractivity contribution >= 4 is 0 Å². The third kappa shape index (κ3) is 6.19. The van der Waals surface area contributed by atoms with E-state index in [0.29, 0.717) is 0 Å². The van der Waals surface area contributed by atoms with Gasteiger partial charge < -0.3 is 24.4 Å². The van der Waals surface area contributed by atoms with E-state index in [9.17, 15) is 0 Å². The topological polar surface area (TPSA) is 43.0 Å². The van der Waals surface area contributed by atoms with E-state index in [2.05, 4.69) is 10.2 Å². The summed E-state index contributed by atoms with van der Waals surface area (Å²) in [6.45, 7) is 7.47. The average Bonchev–Trinajstić information content (AvgIpc) is 2.85. The molecule has 1 aliphatic heterocycles. The molecular formula is C14H30N2O3. The van der Waals surface area contributed by atoms with Gasteiger partial charge in [0.05, 0.1) is 13.2 Å². The van der Waals surface area contributed by atoms with E-state index >= 15 is 0 Å². The second-order valence-electron chi connectivity index (χ2n) is 5.45. The van der Waals surface area contributed by atoms with Gasteiger partial charge in [0.25, 0.3) is 0 Å². The summed E-state index contributed by atoms with van der Waals surface area (Å²) in [6, 6.07) is 0. The van der Waals surface area contributed by atoms with Gasteiger partial charge in [-0.3, -0.25) is 0 Å². The Labute approximate surface area is 117 Å². The zero-order valence-corrected chi connectivity index (χ0v) is 12.7. The number of rotatable bonds is 11. The van der Waals surface area contributed by atoms with Crippen LogP contribution in [0.5, 0.6) is 0 Å². The number of ether oxygens (including phenoxy) is 3. The molecule has 19 heavy (non-hydrogen) atoms. The van der Waals surface area contributed by atoms with Gasteiger partial charge in [0.15, 0.2) is 0 Å². The molecule has 1 atom stereocenters. The normalized spacial score (nSPS) is 23.4. The van der Waals surface area contributed by atoms with Crippen molar-refractivity contribution in [3.63, 3.8) is 0 Å². The van der Waals surface area contributed by atoms with Crippen LogP contribution >= 0.6 is 0 Å². The van der Waals surface area contributed by atoms with E-state index in [1.807, 2.05) is 7.05 Å². The van der Waals surface area contributed by atoms with Crippen molar-refractivity contribution in [1.82, 2.24) is 10.2 Å². The fraction of sp³-hybridized carbons (Fsp3) is 1.00. The van der Waals surface area contributed by atoms with Gasteiger partial charge in [-0.25, -0.2) is 0 Å². The molecule has 0 aromatic heterocycles. The Morgan fingerprint density at radius 1 is 1.21 bits per heavy atom. The minimum absolute atomic E-state index is 0.259. The van der Waals surface area contributed by atoms with Gasteiger partial charge in [-0.15, -0.1) is 0 Å². The zero-order valence-electron chi connectivity index (χ0n) is 12.7. The highest BCUT2D eigenvalue weighted by Gasteiger charge is 2.35.